The zero-order valence-electron chi connectivity index (χ0n) is 31.9. The van der Waals surface area contributed by atoms with Crippen LogP contribution < -0.4 is 0 Å². The van der Waals surface area contributed by atoms with E-state index >= 15 is 0 Å². The van der Waals surface area contributed by atoms with Crippen LogP contribution in [0.1, 0.15) is 86.1 Å². The number of hydrogen-bond donors (Lipinski definition) is 0. The number of aliphatic imine (C=N–C) groups is 1. The third-order valence-electron chi connectivity index (χ3n) is 11.4. The summed E-state index contributed by atoms with van der Waals surface area (Å²) in [6.45, 7) is 22.0. The molecule has 0 saturated heterocycles. The van der Waals surface area contributed by atoms with Crippen LogP contribution >= 0.6 is 0 Å². The van der Waals surface area contributed by atoms with Gasteiger partial charge in [-0.25, -0.2) is 0 Å². The summed E-state index contributed by atoms with van der Waals surface area (Å²) >= 11 is 0. The van der Waals surface area contributed by atoms with E-state index in [2.05, 4.69) is 145 Å². The fourth-order valence-electron chi connectivity index (χ4n) is 8.61. The highest BCUT2D eigenvalue weighted by Crippen LogP contribution is 2.60. The molecule has 0 spiro atoms. The Kier molecular flexibility index (Phi) is 9.09. The first-order valence-corrected chi connectivity index (χ1v) is 18.4. The van der Waals surface area contributed by atoms with E-state index in [1.807, 2.05) is 56.3 Å². The molecular weight excluding hydrogens is 627 g/mol. The highest BCUT2D eigenvalue weighted by Gasteiger charge is 2.44. The Morgan fingerprint density at radius 2 is 1.04 bits per heavy atom. The third-order valence-corrected chi connectivity index (χ3v) is 11.4. The lowest BCUT2D eigenvalue weighted by atomic mass is 9.77. The van der Waals surface area contributed by atoms with Crippen LogP contribution in [0.4, 0.5) is 0 Å². The van der Waals surface area contributed by atoms with Gasteiger partial charge in [0.15, 0.2) is 0 Å². The van der Waals surface area contributed by atoms with Gasteiger partial charge in [-0.05, 0) is 106 Å². The van der Waals surface area contributed by atoms with Crippen LogP contribution in [0.2, 0.25) is 0 Å². The molecule has 0 aliphatic heterocycles. The monoisotopic (exact) mass is 675 g/mol. The lowest BCUT2D eigenvalue weighted by Crippen LogP contribution is -2.18. The van der Waals surface area contributed by atoms with Gasteiger partial charge in [0, 0.05) is 22.1 Å². The summed E-state index contributed by atoms with van der Waals surface area (Å²) in [5, 5.41) is 0. The Morgan fingerprint density at radius 1 is 0.519 bits per heavy atom. The molecule has 6 aromatic carbocycles. The van der Waals surface area contributed by atoms with Crippen molar-refractivity contribution >= 4 is 11.4 Å². The maximum absolute atomic E-state index is 4.81. The number of hydrogen-bond acceptors (Lipinski definition) is 1. The van der Waals surface area contributed by atoms with E-state index in [0.717, 1.165) is 28.1 Å². The highest BCUT2D eigenvalue weighted by molar-refractivity contribution is 6.02. The first-order chi connectivity index (χ1) is 25.0. The summed E-state index contributed by atoms with van der Waals surface area (Å²) < 4.78 is 0. The molecule has 6 aromatic rings. The van der Waals surface area contributed by atoms with E-state index in [0.29, 0.717) is 0 Å². The quantitative estimate of drug-likeness (QED) is 0.127. The van der Waals surface area contributed by atoms with Crippen LogP contribution in [0, 0.1) is 13.8 Å². The molecule has 0 heterocycles. The highest BCUT2D eigenvalue weighted by atomic mass is 14.8. The Bertz CT molecular complexity index is 2380. The summed E-state index contributed by atoms with van der Waals surface area (Å²) in [7, 11) is 0. The minimum absolute atomic E-state index is 0.0237. The molecule has 0 saturated carbocycles. The Labute approximate surface area is 311 Å². The Morgan fingerprint density at radius 3 is 1.67 bits per heavy atom. The van der Waals surface area contributed by atoms with Crippen molar-refractivity contribution in [2.45, 2.75) is 66.2 Å². The fourth-order valence-corrected chi connectivity index (χ4v) is 8.61. The topological polar surface area (TPSA) is 12.4 Å². The van der Waals surface area contributed by atoms with Crippen molar-refractivity contribution in [1.82, 2.24) is 0 Å². The van der Waals surface area contributed by atoms with Crippen molar-refractivity contribution < 1.29 is 0 Å². The lowest BCUT2D eigenvalue weighted by Gasteiger charge is -2.26. The van der Waals surface area contributed by atoms with E-state index in [1.165, 1.54) is 66.8 Å². The lowest BCUT2D eigenvalue weighted by molar-refractivity contribution is 0.648. The van der Waals surface area contributed by atoms with Crippen LogP contribution in [0.3, 0.4) is 0 Å². The van der Waals surface area contributed by atoms with Crippen molar-refractivity contribution in [3.05, 3.63) is 196 Å². The van der Waals surface area contributed by atoms with Crippen molar-refractivity contribution in [3.63, 3.8) is 0 Å². The second-order valence-corrected chi connectivity index (χ2v) is 15.3. The standard InChI is InChI=1S/C32H30.C19H19N/c1-19-11-7-8-12-21(19)22-15-16-24-29-27(32(5,6)30(24)20(22)2)18-17-26-28(29)23-13-9-10-14-25(23)31(26,3)4;1-4-15(2)19(18-13-9-6-10-14-18)20-16(3)17-11-7-5-8-12-17/h7-18H,1-6H3;4-14H,1H2,2-3H3/b;19-15-,20-16?. The molecule has 0 amide bonds. The van der Waals surface area contributed by atoms with Gasteiger partial charge >= 0.3 is 0 Å². The minimum atomic E-state index is -0.0237. The number of rotatable bonds is 5. The molecule has 0 bridgehead atoms. The fraction of sp³-hybridized carbons (Fsp3) is 0.196. The average Bonchev–Trinajstić information content (AvgIpc) is 3.55. The van der Waals surface area contributed by atoms with E-state index in [4.69, 9.17) is 4.99 Å². The van der Waals surface area contributed by atoms with E-state index in [9.17, 15) is 0 Å². The Balaban J connectivity index is 0.000000182. The number of allylic oxidation sites excluding steroid dienone is 2. The molecule has 0 aromatic heterocycles. The summed E-state index contributed by atoms with van der Waals surface area (Å²) in [5.41, 5.74) is 22.4. The van der Waals surface area contributed by atoms with E-state index in [-0.39, 0.29) is 10.8 Å². The number of aryl methyl sites for hydroxylation is 1. The van der Waals surface area contributed by atoms with Gasteiger partial charge in [0.05, 0.1) is 5.70 Å². The molecule has 0 N–H and O–H groups in total. The number of nitrogens with zero attached hydrogens (tertiary/aromatic N) is 1. The summed E-state index contributed by atoms with van der Waals surface area (Å²) in [6, 6.07) is 47.8. The van der Waals surface area contributed by atoms with Gasteiger partial charge < -0.3 is 0 Å². The molecule has 8 rings (SSSR count). The van der Waals surface area contributed by atoms with E-state index in [1.54, 1.807) is 0 Å². The molecule has 52 heavy (non-hydrogen) atoms. The van der Waals surface area contributed by atoms with Crippen LogP contribution in [0.15, 0.2) is 157 Å². The van der Waals surface area contributed by atoms with Crippen LogP contribution in [-0.2, 0) is 10.8 Å². The molecule has 0 fully saturated rings. The van der Waals surface area contributed by atoms with Crippen molar-refractivity contribution in [3.8, 4) is 33.4 Å². The van der Waals surface area contributed by atoms with Crippen LogP contribution in [-0.4, -0.2) is 5.71 Å². The van der Waals surface area contributed by atoms with Crippen LogP contribution in [0.5, 0.6) is 0 Å². The molecule has 0 atom stereocenters. The van der Waals surface area contributed by atoms with Gasteiger partial charge in [0.2, 0.25) is 0 Å². The number of benzene rings is 6. The number of fused-ring (bicyclic) bond motifs is 7. The summed E-state index contributed by atoms with van der Waals surface area (Å²) in [6.07, 6.45) is 1.85. The third kappa shape index (κ3) is 5.79. The zero-order valence-corrected chi connectivity index (χ0v) is 31.9. The predicted octanol–water partition coefficient (Wildman–Crippen LogP) is 13.7. The molecule has 0 unspecified atom stereocenters. The van der Waals surface area contributed by atoms with Gasteiger partial charge in [0.25, 0.3) is 0 Å². The summed E-state index contributed by atoms with van der Waals surface area (Å²) in [5.74, 6) is 0. The maximum atomic E-state index is 4.81. The first-order valence-electron chi connectivity index (χ1n) is 18.4. The Hall–Kier alpha value is -5.53. The average molecular weight is 676 g/mol. The molecule has 0 radical (unpaired) electrons. The molecule has 2 aliphatic rings. The van der Waals surface area contributed by atoms with Gasteiger partial charge in [-0.3, -0.25) is 4.99 Å². The normalized spacial score (nSPS) is 15.0. The molecular formula is C51H49N. The van der Waals surface area contributed by atoms with Gasteiger partial charge in [0.1, 0.15) is 0 Å². The first kappa shape index (κ1) is 34.9. The summed E-state index contributed by atoms with van der Waals surface area (Å²) in [4.78, 5) is 4.81. The second kappa shape index (κ2) is 13.5. The predicted molar refractivity (Wildman–Crippen MR) is 224 cm³/mol. The molecule has 1 nitrogen and oxygen atoms in total. The molecule has 2 aliphatic carbocycles. The van der Waals surface area contributed by atoms with Crippen molar-refractivity contribution in [1.29, 1.82) is 0 Å². The van der Waals surface area contributed by atoms with E-state index < -0.39 is 0 Å². The maximum Gasteiger partial charge on any atom is 0.0734 e. The molecule has 1 heteroatoms. The van der Waals surface area contributed by atoms with Gasteiger partial charge in [-0.2, -0.15) is 0 Å². The van der Waals surface area contributed by atoms with Crippen LogP contribution in [0.25, 0.3) is 39.1 Å². The van der Waals surface area contributed by atoms with Crippen molar-refractivity contribution in [2.75, 3.05) is 0 Å². The second-order valence-electron chi connectivity index (χ2n) is 15.3. The molecule has 258 valence electrons. The van der Waals surface area contributed by atoms with Gasteiger partial charge in [-0.1, -0.05) is 174 Å². The minimum Gasteiger partial charge on any atom is -0.252 e. The zero-order chi connectivity index (χ0) is 36.8. The smallest absolute Gasteiger partial charge is 0.0734 e. The van der Waals surface area contributed by atoms with Crippen molar-refractivity contribution in [2.24, 2.45) is 4.99 Å². The van der Waals surface area contributed by atoms with Gasteiger partial charge in [-0.15, -0.1) is 0 Å². The SMILES string of the molecule is C=C/C(C)=C(\N=C(C)c1ccccc1)c1ccccc1.Cc1ccccc1-c1ccc2c(c1C)C(C)(C)c1ccc3c(c1-2)-c1ccccc1C3(C)C. The largest absolute Gasteiger partial charge is 0.252 e.